The van der Waals surface area contributed by atoms with Crippen LogP contribution < -0.4 is 15.2 Å². The molecule has 2 aromatic carbocycles. The Kier molecular flexibility index (Phi) is 5.74. The first-order chi connectivity index (χ1) is 15.4. The van der Waals surface area contributed by atoms with Gasteiger partial charge in [0.2, 0.25) is 0 Å². The van der Waals surface area contributed by atoms with E-state index in [1.165, 1.54) is 4.68 Å². The van der Waals surface area contributed by atoms with E-state index in [2.05, 4.69) is 5.10 Å². The summed E-state index contributed by atoms with van der Waals surface area (Å²) in [6.07, 6.45) is 0. The SMILES string of the molecule is CCOc1ccc(N(CC)C(=O)c2nn(C(C)C)c(=O)c3c2c2ccccc2n3C)cc1. The number of hydrogen-bond acceptors (Lipinski definition) is 4. The van der Waals surface area contributed by atoms with Crippen molar-refractivity contribution in [3.05, 3.63) is 64.6 Å². The maximum absolute atomic E-state index is 13.8. The first-order valence-corrected chi connectivity index (χ1v) is 10.9. The third kappa shape index (κ3) is 3.43. The molecule has 0 spiro atoms. The van der Waals surface area contributed by atoms with E-state index in [4.69, 9.17) is 4.74 Å². The summed E-state index contributed by atoms with van der Waals surface area (Å²) in [6.45, 7) is 8.67. The molecule has 2 heterocycles. The number of carbonyl (C=O) groups is 1. The van der Waals surface area contributed by atoms with Crippen LogP contribution >= 0.6 is 0 Å². The van der Waals surface area contributed by atoms with Gasteiger partial charge < -0.3 is 14.2 Å². The molecule has 0 N–H and O–H groups in total. The zero-order valence-corrected chi connectivity index (χ0v) is 19.1. The molecule has 32 heavy (non-hydrogen) atoms. The van der Waals surface area contributed by atoms with Crippen molar-refractivity contribution in [3.63, 3.8) is 0 Å². The molecule has 7 nitrogen and oxygen atoms in total. The lowest BCUT2D eigenvalue weighted by Crippen LogP contribution is -2.35. The van der Waals surface area contributed by atoms with Crippen LogP contribution in [0, 0.1) is 0 Å². The molecule has 0 aliphatic carbocycles. The van der Waals surface area contributed by atoms with E-state index in [0.29, 0.717) is 24.1 Å². The van der Waals surface area contributed by atoms with E-state index in [9.17, 15) is 9.59 Å². The number of aromatic nitrogens is 3. The van der Waals surface area contributed by atoms with Crippen LogP contribution in [-0.4, -0.2) is 33.4 Å². The minimum Gasteiger partial charge on any atom is -0.494 e. The van der Waals surface area contributed by atoms with Gasteiger partial charge in [-0.3, -0.25) is 9.59 Å². The molecule has 4 aromatic rings. The highest BCUT2D eigenvalue weighted by atomic mass is 16.5. The Labute approximate surface area is 186 Å². The fourth-order valence-corrected chi connectivity index (χ4v) is 4.15. The number of para-hydroxylation sites is 1. The van der Waals surface area contributed by atoms with Crippen molar-refractivity contribution in [3.8, 4) is 5.75 Å². The lowest BCUT2D eigenvalue weighted by atomic mass is 10.1. The molecule has 1 amide bonds. The minimum atomic E-state index is -0.243. The zero-order valence-electron chi connectivity index (χ0n) is 19.1. The van der Waals surface area contributed by atoms with Crippen LogP contribution in [0.4, 0.5) is 5.69 Å². The van der Waals surface area contributed by atoms with Crippen molar-refractivity contribution < 1.29 is 9.53 Å². The highest BCUT2D eigenvalue weighted by Crippen LogP contribution is 2.30. The summed E-state index contributed by atoms with van der Waals surface area (Å²) in [5.74, 6) is 0.509. The van der Waals surface area contributed by atoms with Gasteiger partial charge in [-0.2, -0.15) is 5.10 Å². The number of rotatable bonds is 6. The van der Waals surface area contributed by atoms with E-state index >= 15 is 0 Å². The van der Waals surface area contributed by atoms with E-state index in [0.717, 1.165) is 22.3 Å². The molecular formula is C25H28N4O3. The zero-order chi connectivity index (χ0) is 23.0. The Morgan fingerprint density at radius 2 is 1.78 bits per heavy atom. The normalized spacial score (nSPS) is 11.4. The smallest absolute Gasteiger partial charge is 0.291 e. The van der Waals surface area contributed by atoms with Gasteiger partial charge in [0.15, 0.2) is 5.69 Å². The second kappa shape index (κ2) is 8.49. The molecule has 0 atom stereocenters. The summed E-state index contributed by atoms with van der Waals surface area (Å²) < 4.78 is 8.79. The van der Waals surface area contributed by atoms with Crippen molar-refractivity contribution in [1.29, 1.82) is 0 Å². The van der Waals surface area contributed by atoms with Crippen molar-refractivity contribution in [1.82, 2.24) is 14.3 Å². The molecular weight excluding hydrogens is 404 g/mol. The molecule has 4 rings (SSSR count). The van der Waals surface area contributed by atoms with Crippen LogP contribution in [0.2, 0.25) is 0 Å². The second-order valence-electron chi connectivity index (χ2n) is 7.97. The molecule has 7 heteroatoms. The number of carbonyl (C=O) groups excluding carboxylic acids is 1. The molecule has 0 aliphatic heterocycles. The van der Waals surface area contributed by atoms with Crippen LogP contribution in [0.15, 0.2) is 53.3 Å². The third-order valence-corrected chi connectivity index (χ3v) is 5.67. The quantitative estimate of drug-likeness (QED) is 0.449. The number of aryl methyl sites for hydroxylation is 1. The highest BCUT2D eigenvalue weighted by Gasteiger charge is 2.27. The molecule has 0 saturated carbocycles. The minimum absolute atomic E-state index is 0.183. The summed E-state index contributed by atoms with van der Waals surface area (Å²) >= 11 is 0. The van der Waals surface area contributed by atoms with Crippen molar-refractivity contribution >= 4 is 33.4 Å². The largest absolute Gasteiger partial charge is 0.494 e. The second-order valence-corrected chi connectivity index (χ2v) is 7.97. The van der Waals surface area contributed by atoms with E-state index < -0.39 is 0 Å². The molecule has 0 fully saturated rings. The standard InChI is InChI=1S/C25H28N4O3/c1-6-28(17-12-14-18(15-13-17)32-7-2)24(30)22-21-19-10-8-9-11-20(19)27(5)23(21)25(31)29(26-22)16(3)4/h8-16H,6-7H2,1-5H3. The van der Waals surface area contributed by atoms with Crippen LogP contribution in [0.3, 0.4) is 0 Å². The molecule has 0 saturated heterocycles. The predicted octanol–water partition coefficient (Wildman–Crippen LogP) is 4.53. The van der Waals surface area contributed by atoms with Crippen molar-refractivity contribution in [2.75, 3.05) is 18.1 Å². The number of anilines is 1. The number of amides is 1. The maximum atomic E-state index is 13.8. The van der Waals surface area contributed by atoms with Crippen LogP contribution in [0.1, 0.15) is 44.2 Å². The lowest BCUT2D eigenvalue weighted by Gasteiger charge is -2.22. The Morgan fingerprint density at radius 1 is 1.09 bits per heavy atom. The van der Waals surface area contributed by atoms with Gasteiger partial charge in [-0.1, -0.05) is 18.2 Å². The number of nitrogens with zero attached hydrogens (tertiary/aromatic N) is 4. The number of benzene rings is 2. The van der Waals surface area contributed by atoms with Gasteiger partial charge in [0.25, 0.3) is 11.5 Å². The Bertz CT molecular complexity index is 1350. The highest BCUT2D eigenvalue weighted by molar-refractivity contribution is 6.20. The van der Waals surface area contributed by atoms with Gasteiger partial charge >= 0.3 is 0 Å². The fourth-order valence-electron chi connectivity index (χ4n) is 4.15. The average Bonchev–Trinajstić information content (AvgIpc) is 3.09. The van der Waals surface area contributed by atoms with E-state index in [1.54, 1.807) is 4.90 Å². The molecule has 2 aromatic heterocycles. The summed E-state index contributed by atoms with van der Waals surface area (Å²) in [6, 6.07) is 15.0. The number of ether oxygens (including phenoxy) is 1. The maximum Gasteiger partial charge on any atom is 0.291 e. The van der Waals surface area contributed by atoms with Gasteiger partial charge in [-0.25, -0.2) is 4.68 Å². The summed E-state index contributed by atoms with van der Waals surface area (Å²) in [5.41, 5.74) is 2.20. The van der Waals surface area contributed by atoms with Crippen molar-refractivity contribution in [2.45, 2.75) is 33.7 Å². The topological polar surface area (TPSA) is 69.4 Å². The van der Waals surface area contributed by atoms with Gasteiger partial charge in [-0.05, 0) is 58.0 Å². The summed E-state index contributed by atoms with van der Waals surface area (Å²) in [5, 5.41) is 6.02. The van der Waals surface area contributed by atoms with E-state index in [-0.39, 0.29) is 23.2 Å². The van der Waals surface area contributed by atoms with Gasteiger partial charge in [0.05, 0.1) is 12.6 Å². The molecule has 0 unspecified atom stereocenters. The first kappa shape index (κ1) is 21.6. The summed E-state index contributed by atoms with van der Waals surface area (Å²) in [4.78, 5) is 28.8. The van der Waals surface area contributed by atoms with Crippen molar-refractivity contribution in [2.24, 2.45) is 7.05 Å². The number of fused-ring (bicyclic) bond motifs is 3. The molecule has 166 valence electrons. The summed E-state index contributed by atoms with van der Waals surface area (Å²) in [7, 11) is 1.86. The van der Waals surface area contributed by atoms with Crippen LogP contribution in [-0.2, 0) is 7.05 Å². The molecule has 0 radical (unpaired) electrons. The van der Waals surface area contributed by atoms with Gasteiger partial charge in [0, 0.05) is 35.6 Å². The monoisotopic (exact) mass is 432 g/mol. The Hall–Kier alpha value is -3.61. The Morgan fingerprint density at radius 3 is 2.41 bits per heavy atom. The van der Waals surface area contributed by atoms with Gasteiger partial charge in [-0.15, -0.1) is 0 Å². The third-order valence-electron chi connectivity index (χ3n) is 5.67. The van der Waals surface area contributed by atoms with Gasteiger partial charge in [0.1, 0.15) is 11.3 Å². The van der Waals surface area contributed by atoms with Crippen LogP contribution in [0.5, 0.6) is 5.75 Å². The predicted molar refractivity (Wildman–Crippen MR) is 128 cm³/mol. The molecule has 0 bridgehead atoms. The lowest BCUT2D eigenvalue weighted by molar-refractivity contribution is 0.0982. The molecule has 0 aliphatic rings. The van der Waals surface area contributed by atoms with Crippen LogP contribution in [0.25, 0.3) is 21.8 Å². The number of hydrogen-bond donors (Lipinski definition) is 0. The average molecular weight is 433 g/mol. The first-order valence-electron chi connectivity index (χ1n) is 10.9. The fraction of sp³-hybridized carbons (Fsp3) is 0.320. The van der Waals surface area contributed by atoms with E-state index in [1.807, 2.05) is 87.8 Å². The Balaban J connectivity index is 1.96.